The molecule has 37 heavy (non-hydrogen) atoms. The third kappa shape index (κ3) is 5.44. The first-order valence-electron chi connectivity index (χ1n) is 11.3. The molecule has 0 atom stereocenters. The van der Waals surface area contributed by atoms with Crippen molar-refractivity contribution in [3.05, 3.63) is 82.1 Å². The number of methoxy groups -OCH3 is 3. The van der Waals surface area contributed by atoms with E-state index >= 15 is 0 Å². The molecule has 1 N–H and O–H groups in total. The number of hydrogen-bond donors (Lipinski definition) is 1. The first-order chi connectivity index (χ1) is 18.0. The Labute approximate surface area is 218 Å². The predicted molar refractivity (Wildman–Crippen MR) is 145 cm³/mol. The average molecular weight is 519 g/mol. The van der Waals surface area contributed by atoms with Crippen LogP contribution in [0.15, 0.2) is 75.7 Å². The maximum atomic E-state index is 13.4. The number of carbonyl (C=O) groups excluding carboxylic acids is 1. The highest BCUT2D eigenvalue weighted by Crippen LogP contribution is 2.39. The van der Waals surface area contributed by atoms with E-state index in [2.05, 4.69) is 15.5 Å². The van der Waals surface area contributed by atoms with Crippen molar-refractivity contribution in [3.8, 4) is 22.9 Å². The summed E-state index contributed by atoms with van der Waals surface area (Å²) >= 11 is 1.16. The minimum atomic E-state index is -0.362. The van der Waals surface area contributed by atoms with Crippen molar-refractivity contribution >= 4 is 34.8 Å². The number of hydrogen-bond acceptors (Lipinski definition) is 8. The van der Waals surface area contributed by atoms with Gasteiger partial charge in [0.2, 0.25) is 5.75 Å². The summed E-state index contributed by atoms with van der Waals surface area (Å²) in [5.41, 5.74) is 5.11. The number of nitrogens with zero attached hydrogens (tertiary/aromatic N) is 3. The molecule has 1 amide bonds. The third-order valence-electron chi connectivity index (χ3n) is 5.56. The van der Waals surface area contributed by atoms with Crippen molar-refractivity contribution in [2.24, 2.45) is 5.10 Å². The van der Waals surface area contributed by atoms with Crippen LogP contribution >= 0.6 is 11.8 Å². The highest BCUT2D eigenvalue weighted by molar-refractivity contribution is 7.99. The summed E-state index contributed by atoms with van der Waals surface area (Å²) in [5, 5.41) is 4.98. The largest absolute Gasteiger partial charge is 0.493 e. The van der Waals surface area contributed by atoms with Gasteiger partial charge in [0.15, 0.2) is 16.7 Å². The number of aromatic nitrogens is 2. The van der Waals surface area contributed by atoms with E-state index in [1.807, 2.05) is 37.3 Å². The smallest absolute Gasteiger partial charge is 0.266 e. The standard InChI is InChI=1S/C27H26N4O5S/c1-17-9-5-8-12-21(17)31-26(33)19-10-6-7-11-20(19)29-27(31)37-16-23(32)30-28-15-18-13-14-22(34-2)25(36-4)24(18)35-3/h5-15H,16H2,1-4H3,(H,30,32). The van der Waals surface area contributed by atoms with E-state index in [0.29, 0.717) is 44.6 Å². The van der Waals surface area contributed by atoms with Crippen LogP contribution < -0.4 is 25.2 Å². The van der Waals surface area contributed by atoms with Gasteiger partial charge in [-0.3, -0.25) is 14.2 Å². The number of para-hydroxylation sites is 2. The summed E-state index contributed by atoms with van der Waals surface area (Å²) in [7, 11) is 4.55. The van der Waals surface area contributed by atoms with Gasteiger partial charge < -0.3 is 14.2 Å². The Kier molecular flexibility index (Phi) is 8.09. The number of fused-ring (bicyclic) bond motifs is 1. The van der Waals surface area contributed by atoms with Gasteiger partial charge in [-0.05, 0) is 42.8 Å². The number of carbonyl (C=O) groups is 1. The second-order valence-corrected chi connectivity index (χ2v) is 8.79. The van der Waals surface area contributed by atoms with Crippen LogP contribution in [0.3, 0.4) is 0 Å². The summed E-state index contributed by atoms with van der Waals surface area (Å²) in [5.74, 6) is 1.00. The van der Waals surface area contributed by atoms with Gasteiger partial charge in [-0.15, -0.1) is 0 Å². The molecule has 0 saturated carbocycles. The lowest BCUT2D eigenvalue weighted by Crippen LogP contribution is -2.24. The third-order valence-corrected chi connectivity index (χ3v) is 6.50. The van der Waals surface area contributed by atoms with Gasteiger partial charge in [0.05, 0.1) is 49.9 Å². The van der Waals surface area contributed by atoms with Gasteiger partial charge in [-0.1, -0.05) is 42.1 Å². The van der Waals surface area contributed by atoms with Crippen molar-refractivity contribution in [1.82, 2.24) is 15.0 Å². The monoisotopic (exact) mass is 518 g/mol. The Bertz CT molecular complexity index is 1530. The quantitative estimate of drug-likeness (QED) is 0.155. The Morgan fingerprint density at radius 3 is 2.46 bits per heavy atom. The molecule has 0 spiro atoms. The number of ether oxygens (including phenoxy) is 3. The molecule has 0 aliphatic heterocycles. The molecule has 0 aliphatic rings. The number of benzene rings is 3. The highest BCUT2D eigenvalue weighted by atomic mass is 32.2. The van der Waals surface area contributed by atoms with Gasteiger partial charge in [0, 0.05) is 5.56 Å². The lowest BCUT2D eigenvalue weighted by Gasteiger charge is -2.15. The number of aryl methyl sites for hydroxylation is 1. The van der Waals surface area contributed by atoms with E-state index in [4.69, 9.17) is 14.2 Å². The molecule has 4 aromatic rings. The van der Waals surface area contributed by atoms with Gasteiger partial charge in [-0.25, -0.2) is 10.4 Å². The molecule has 9 nitrogen and oxygen atoms in total. The van der Waals surface area contributed by atoms with Crippen LogP contribution in [0.25, 0.3) is 16.6 Å². The van der Waals surface area contributed by atoms with Crippen LogP contribution in [0.4, 0.5) is 0 Å². The molecule has 10 heteroatoms. The first-order valence-corrected chi connectivity index (χ1v) is 12.3. The van der Waals surface area contributed by atoms with Crippen LogP contribution in [-0.4, -0.2) is 48.8 Å². The molecule has 0 aliphatic carbocycles. The van der Waals surface area contributed by atoms with E-state index in [-0.39, 0.29) is 17.2 Å². The summed E-state index contributed by atoms with van der Waals surface area (Å²) in [6.07, 6.45) is 1.46. The van der Waals surface area contributed by atoms with Gasteiger partial charge in [0.25, 0.3) is 11.5 Å². The van der Waals surface area contributed by atoms with E-state index in [9.17, 15) is 9.59 Å². The van der Waals surface area contributed by atoms with E-state index in [1.165, 1.54) is 27.5 Å². The van der Waals surface area contributed by atoms with E-state index in [1.54, 1.807) is 34.9 Å². The number of thioether (sulfide) groups is 1. The summed E-state index contributed by atoms with van der Waals surface area (Å²) < 4.78 is 17.6. The lowest BCUT2D eigenvalue weighted by atomic mass is 10.2. The second kappa shape index (κ2) is 11.6. The second-order valence-electron chi connectivity index (χ2n) is 7.84. The zero-order valence-electron chi connectivity index (χ0n) is 20.8. The maximum Gasteiger partial charge on any atom is 0.266 e. The molecule has 0 unspecified atom stereocenters. The van der Waals surface area contributed by atoms with Crippen molar-refractivity contribution in [3.63, 3.8) is 0 Å². The van der Waals surface area contributed by atoms with Crippen molar-refractivity contribution in [2.75, 3.05) is 27.1 Å². The zero-order valence-corrected chi connectivity index (χ0v) is 21.7. The fourth-order valence-corrected chi connectivity index (χ4v) is 4.60. The van der Waals surface area contributed by atoms with Crippen LogP contribution in [-0.2, 0) is 4.79 Å². The van der Waals surface area contributed by atoms with Gasteiger partial charge in [-0.2, -0.15) is 5.10 Å². The first kappa shape index (κ1) is 25.8. The van der Waals surface area contributed by atoms with E-state index in [0.717, 1.165) is 17.3 Å². The highest BCUT2D eigenvalue weighted by Gasteiger charge is 2.17. The molecular formula is C27H26N4O5S. The molecule has 0 fully saturated rings. The Morgan fingerprint density at radius 1 is 1.00 bits per heavy atom. The molecule has 0 bridgehead atoms. The zero-order chi connectivity index (χ0) is 26.4. The number of hydrazone groups is 1. The van der Waals surface area contributed by atoms with Gasteiger partial charge in [0.1, 0.15) is 0 Å². The normalized spacial score (nSPS) is 11.0. The fourth-order valence-electron chi connectivity index (χ4n) is 3.80. The van der Waals surface area contributed by atoms with Crippen LogP contribution in [0.5, 0.6) is 17.2 Å². The topological polar surface area (TPSA) is 104 Å². The van der Waals surface area contributed by atoms with Crippen LogP contribution in [0, 0.1) is 6.92 Å². The molecule has 1 aromatic heterocycles. The van der Waals surface area contributed by atoms with Crippen LogP contribution in [0.1, 0.15) is 11.1 Å². The number of nitrogens with one attached hydrogen (secondary N) is 1. The van der Waals surface area contributed by atoms with Crippen molar-refractivity contribution in [1.29, 1.82) is 0 Å². The number of amides is 1. The number of rotatable bonds is 9. The predicted octanol–water partition coefficient (Wildman–Crippen LogP) is 3.96. The van der Waals surface area contributed by atoms with Gasteiger partial charge >= 0.3 is 0 Å². The van der Waals surface area contributed by atoms with Crippen LogP contribution in [0.2, 0.25) is 0 Å². The molecule has 3 aromatic carbocycles. The lowest BCUT2D eigenvalue weighted by molar-refractivity contribution is -0.118. The summed E-state index contributed by atoms with van der Waals surface area (Å²) in [6.45, 7) is 1.93. The molecule has 1 heterocycles. The minimum Gasteiger partial charge on any atom is -0.493 e. The van der Waals surface area contributed by atoms with Crippen molar-refractivity contribution < 1.29 is 19.0 Å². The maximum absolute atomic E-state index is 13.4. The fraction of sp³-hybridized carbons (Fsp3) is 0.185. The molecule has 0 radical (unpaired) electrons. The molecular weight excluding hydrogens is 492 g/mol. The Hall–Kier alpha value is -4.31. The minimum absolute atomic E-state index is 0.00291. The van der Waals surface area contributed by atoms with Crippen molar-refractivity contribution in [2.45, 2.75) is 12.1 Å². The van der Waals surface area contributed by atoms with E-state index < -0.39 is 0 Å². The Morgan fingerprint density at radius 2 is 1.73 bits per heavy atom. The average Bonchev–Trinajstić information content (AvgIpc) is 2.92. The Balaban J connectivity index is 1.56. The molecule has 190 valence electrons. The molecule has 0 saturated heterocycles. The molecule has 4 rings (SSSR count). The summed E-state index contributed by atoms with van der Waals surface area (Å²) in [4.78, 5) is 30.7. The SMILES string of the molecule is COc1ccc(C=NNC(=O)CSc2nc3ccccc3c(=O)n2-c2ccccc2C)c(OC)c1OC. The summed E-state index contributed by atoms with van der Waals surface area (Å²) in [6, 6.07) is 18.2.